The molecule has 0 unspecified atom stereocenters. The van der Waals surface area contributed by atoms with Crippen LogP contribution >= 0.6 is 0 Å². The Hall–Kier alpha value is -1.79. The van der Waals surface area contributed by atoms with Gasteiger partial charge in [0.2, 0.25) is 0 Å². The molecule has 0 spiro atoms. The zero-order chi connectivity index (χ0) is 13.5. The van der Waals surface area contributed by atoms with E-state index in [1.54, 1.807) is 10.9 Å². The lowest BCUT2D eigenvalue weighted by atomic mass is 10.2. The second-order valence-electron chi connectivity index (χ2n) is 4.42. The van der Waals surface area contributed by atoms with E-state index in [-0.39, 0.29) is 6.61 Å². The Labute approximate surface area is 112 Å². The van der Waals surface area contributed by atoms with Gasteiger partial charge in [-0.2, -0.15) is 0 Å². The van der Waals surface area contributed by atoms with Crippen molar-refractivity contribution in [3.8, 4) is 0 Å². The quantitative estimate of drug-likeness (QED) is 0.765. The summed E-state index contributed by atoms with van der Waals surface area (Å²) in [6.45, 7) is 4.30. The summed E-state index contributed by atoms with van der Waals surface area (Å²) in [7, 11) is 0. The molecule has 0 aromatic carbocycles. The van der Waals surface area contributed by atoms with Crippen LogP contribution < -0.4 is 5.32 Å². The fourth-order valence-electron chi connectivity index (χ4n) is 1.77. The molecule has 0 fully saturated rings. The third-order valence-corrected chi connectivity index (χ3v) is 2.85. The third kappa shape index (κ3) is 4.11. The Morgan fingerprint density at radius 2 is 2.26 bits per heavy atom. The number of nitrogens with zero attached hydrogens (tertiary/aromatic N) is 4. The zero-order valence-corrected chi connectivity index (χ0v) is 11.1. The molecule has 2 aromatic heterocycles. The molecule has 0 saturated heterocycles. The molecule has 2 rings (SSSR count). The van der Waals surface area contributed by atoms with Crippen LogP contribution in [-0.4, -0.2) is 31.7 Å². The van der Waals surface area contributed by atoms with Crippen molar-refractivity contribution in [1.29, 1.82) is 0 Å². The molecule has 6 nitrogen and oxygen atoms in total. The Bertz CT molecular complexity index is 511. The molecule has 0 aliphatic rings. The van der Waals surface area contributed by atoms with Gasteiger partial charge in [-0.3, -0.25) is 9.67 Å². The summed E-state index contributed by atoms with van der Waals surface area (Å²) in [5, 5.41) is 20.1. The Balaban J connectivity index is 1.79. The maximum absolute atomic E-state index is 8.75. The zero-order valence-electron chi connectivity index (χ0n) is 11.1. The summed E-state index contributed by atoms with van der Waals surface area (Å²) in [5.74, 6) is 0. The molecule has 2 aromatic rings. The van der Waals surface area contributed by atoms with Crippen LogP contribution in [0.5, 0.6) is 0 Å². The first-order valence-electron chi connectivity index (χ1n) is 6.40. The molecule has 0 amide bonds. The lowest BCUT2D eigenvalue weighted by Gasteiger charge is -2.04. The maximum atomic E-state index is 8.75. The lowest BCUT2D eigenvalue weighted by Crippen LogP contribution is -2.14. The van der Waals surface area contributed by atoms with Crippen LogP contribution in [0.25, 0.3) is 0 Å². The van der Waals surface area contributed by atoms with Gasteiger partial charge in [-0.25, -0.2) is 0 Å². The normalized spacial score (nSPS) is 10.8. The van der Waals surface area contributed by atoms with Crippen LogP contribution in [0.15, 0.2) is 24.5 Å². The Morgan fingerprint density at radius 3 is 3.05 bits per heavy atom. The van der Waals surface area contributed by atoms with Crippen LogP contribution in [-0.2, 0) is 19.6 Å². The van der Waals surface area contributed by atoms with Gasteiger partial charge in [0.1, 0.15) is 0 Å². The van der Waals surface area contributed by atoms with Crippen LogP contribution in [0.3, 0.4) is 0 Å². The molecular weight excluding hydrogens is 242 g/mol. The predicted octanol–water partition coefficient (Wildman–Crippen LogP) is 0.654. The minimum absolute atomic E-state index is 0.173. The smallest absolute Gasteiger partial charge is 0.0964 e. The van der Waals surface area contributed by atoms with Gasteiger partial charge in [0.05, 0.1) is 11.4 Å². The first kappa shape index (κ1) is 13.6. The van der Waals surface area contributed by atoms with E-state index in [2.05, 4.69) is 33.6 Å². The molecule has 0 atom stereocenters. The van der Waals surface area contributed by atoms with Crippen molar-refractivity contribution in [2.24, 2.45) is 0 Å². The minimum atomic E-state index is 0.173. The number of hydrogen-bond acceptors (Lipinski definition) is 5. The summed E-state index contributed by atoms with van der Waals surface area (Å²) in [6, 6.07) is 3.99. The number of aliphatic hydroxyl groups is 1. The van der Waals surface area contributed by atoms with Crippen molar-refractivity contribution in [1.82, 2.24) is 25.3 Å². The Kier molecular flexibility index (Phi) is 5.00. The second kappa shape index (κ2) is 6.96. The molecule has 2 heterocycles. The van der Waals surface area contributed by atoms with E-state index in [0.717, 1.165) is 17.9 Å². The van der Waals surface area contributed by atoms with Crippen molar-refractivity contribution in [3.63, 3.8) is 0 Å². The van der Waals surface area contributed by atoms with E-state index in [1.807, 2.05) is 12.3 Å². The second-order valence-corrected chi connectivity index (χ2v) is 4.42. The number of hydrogen-bond donors (Lipinski definition) is 2. The number of aryl methyl sites for hydroxylation is 2. The van der Waals surface area contributed by atoms with E-state index in [1.165, 1.54) is 5.56 Å². The standard InChI is InChI=1S/C13H19N5O/c1-11-4-2-5-15-13(11)9-14-8-12-10-18(17-16-12)6-3-7-19/h2,4-5,10,14,19H,3,6-9H2,1H3. The summed E-state index contributed by atoms with van der Waals surface area (Å²) >= 11 is 0. The van der Waals surface area contributed by atoms with Crippen molar-refractivity contribution in [3.05, 3.63) is 41.5 Å². The molecule has 0 radical (unpaired) electrons. The first-order chi connectivity index (χ1) is 9.29. The van der Waals surface area contributed by atoms with Gasteiger partial charge in [-0.05, 0) is 25.0 Å². The van der Waals surface area contributed by atoms with Crippen molar-refractivity contribution >= 4 is 0 Å². The number of nitrogens with one attached hydrogen (secondary N) is 1. The summed E-state index contributed by atoms with van der Waals surface area (Å²) in [4.78, 5) is 4.32. The van der Waals surface area contributed by atoms with Crippen LogP contribution in [0.2, 0.25) is 0 Å². The van der Waals surface area contributed by atoms with E-state index in [4.69, 9.17) is 5.11 Å². The molecule has 2 N–H and O–H groups in total. The van der Waals surface area contributed by atoms with Gasteiger partial charge < -0.3 is 10.4 Å². The molecule has 19 heavy (non-hydrogen) atoms. The van der Waals surface area contributed by atoms with Gasteiger partial charge in [0, 0.05) is 38.6 Å². The number of aromatic nitrogens is 4. The van der Waals surface area contributed by atoms with E-state index in [0.29, 0.717) is 19.5 Å². The van der Waals surface area contributed by atoms with Gasteiger partial charge in [0.15, 0.2) is 0 Å². The average molecular weight is 261 g/mol. The largest absolute Gasteiger partial charge is 0.396 e. The first-order valence-corrected chi connectivity index (χ1v) is 6.40. The van der Waals surface area contributed by atoms with Gasteiger partial charge >= 0.3 is 0 Å². The number of rotatable bonds is 7. The molecule has 0 saturated carbocycles. The van der Waals surface area contributed by atoms with E-state index in [9.17, 15) is 0 Å². The molecule has 0 aliphatic carbocycles. The highest BCUT2D eigenvalue weighted by atomic mass is 16.3. The van der Waals surface area contributed by atoms with Crippen LogP contribution in [0.1, 0.15) is 23.4 Å². The molecule has 0 aliphatic heterocycles. The molecule has 102 valence electrons. The number of pyridine rings is 1. The Morgan fingerprint density at radius 1 is 1.37 bits per heavy atom. The van der Waals surface area contributed by atoms with Gasteiger partial charge in [-0.1, -0.05) is 11.3 Å². The average Bonchev–Trinajstić information content (AvgIpc) is 2.86. The SMILES string of the molecule is Cc1cccnc1CNCc1cn(CCCO)nn1. The maximum Gasteiger partial charge on any atom is 0.0964 e. The topological polar surface area (TPSA) is 75.9 Å². The van der Waals surface area contributed by atoms with Crippen molar-refractivity contribution in [2.45, 2.75) is 33.0 Å². The summed E-state index contributed by atoms with van der Waals surface area (Å²) in [5.41, 5.74) is 3.13. The molecular formula is C13H19N5O. The van der Waals surface area contributed by atoms with Crippen LogP contribution in [0.4, 0.5) is 0 Å². The van der Waals surface area contributed by atoms with E-state index >= 15 is 0 Å². The van der Waals surface area contributed by atoms with E-state index < -0.39 is 0 Å². The fourth-order valence-corrected chi connectivity index (χ4v) is 1.77. The van der Waals surface area contributed by atoms with Gasteiger partial charge in [0.25, 0.3) is 0 Å². The highest BCUT2D eigenvalue weighted by Crippen LogP contribution is 2.03. The molecule has 0 bridgehead atoms. The fraction of sp³-hybridized carbons (Fsp3) is 0.462. The highest BCUT2D eigenvalue weighted by molar-refractivity contribution is 5.17. The van der Waals surface area contributed by atoms with Gasteiger partial charge in [-0.15, -0.1) is 5.10 Å². The predicted molar refractivity (Wildman–Crippen MR) is 71.2 cm³/mol. The van der Waals surface area contributed by atoms with Crippen molar-refractivity contribution < 1.29 is 5.11 Å². The van der Waals surface area contributed by atoms with Crippen LogP contribution in [0, 0.1) is 6.92 Å². The minimum Gasteiger partial charge on any atom is -0.396 e. The lowest BCUT2D eigenvalue weighted by molar-refractivity contribution is 0.276. The third-order valence-electron chi connectivity index (χ3n) is 2.85. The van der Waals surface area contributed by atoms with Crippen molar-refractivity contribution in [2.75, 3.05) is 6.61 Å². The number of aliphatic hydroxyl groups excluding tert-OH is 1. The highest BCUT2D eigenvalue weighted by Gasteiger charge is 2.02. The summed E-state index contributed by atoms with van der Waals surface area (Å²) in [6.07, 6.45) is 4.40. The monoisotopic (exact) mass is 261 g/mol. The summed E-state index contributed by atoms with van der Waals surface area (Å²) < 4.78 is 1.75. The molecule has 6 heteroatoms.